The lowest BCUT2D eigenvalue weighted by molar-refractivity contribution is 1.28. The fraction of sp³-hybridized carbons (Fsp3) is 0.0588. The number of allylic oxidation sites excluding steroid dienone is 1. The Kier molecular flexibility index (Phi) is 6.60. The van der Waals surface area contributed by atoms with Gasteiger partial charge in [-0.3, -0.25) is 0 Å². The molecule has 0 atom stereocenters. The first-order valence-electron chi connectivity index (χ1n) is 5.79. The van der Waals surface area contributed by atoms with Crippen molar-refractivity contribution < 1.29 is 0 Å². The molecule has 92 valence electrons. The van der Waals surface area contributed by atoms with Crippen LogP contribution in [-0.4, -0.2) is 0 Å². The Labute approximate surface area is 114 Å². The predicted octanol–water partition coefficient (Wildman–Crippen LogP) is 5.40. The molecule has 0 aliphatic heterocycles. The van der Waals surface area contributed by atoms with Crippen molar-refractivity contribution in [2.75, 3.05) is 0 Å². The zero-order valence-electron chi connectivity index (χ0n) is 10.4. The quantitative estimate of drug-likeness (QED) is 0.645. The van der Waals surface area contributed by atoms with E-state index in [2.05, 4.69) is 25.3 Å². The summed E-state index contributed by atoms with van der Waals surface area (Å²) in [6, 6.07) is 17.9. The Hall–Kier alpha value is -1.79. The minimum absolute atomic E-state index is 0.757. The third kappa shape index (κ3) is 5.03. The van der Waals surface area contributed by atoms with Gasteiger partial charge in [-0.1, -0.05) is 78.9 Å². The Morgan fingerprint density at radius 2 is 1.50 bits per heavy atom. The first-order valence-corrected chi connectivity index (χ1v) is 6.17. The molecule has 0 radical (unpaired) electrons. The van der Waals surface area contributed by atoms with Crippen molar-refractivity contribution in [3.8, 4) is 0 Å². The maximum Gasteiger partial charge on any atom is 0.0478 e. The van der Waals surface area contributed by atoms with Gasteiger partial charge in [0.05, 0.1) is 0 Å². The fourth-order valence-electron chi connectivity index (χ4n) is 1.42. The molecule has 0 fully saturated rings. The Balaban J connectivity index is 0.000000180. The molecule has 0 aromatic heterocycles. The average molecular weight is 257 g/mol. The molecule has 0 spiro atoms. The first kappa shape index (κ1) is 14.3. The van der Waals surface area contributed by atoms with Gasteiger partial charge in [-0.05, 0) is 23.6 Å². The minimum Gasteiger partial charge on any atom is -0.103 e. The number of halogens is 1. The Morgan fingerprint density at radius 1 is 0.889 bits per heavy atom. The molecule has 0 saturated carbocycles. The van der Waals surface area contributed by atoms with E-state index >= 15 is 0 Å². The molecule has 0 bridgehead atoms. The molecule has 0 nitrogen and oxygen atoms in total. The van der Waals surface area contributed by atoms with Crippen molar-refractivity contribution in [1.29, 1.82) is 0 Å². The lowest BCUT2D eigenvalue weighted by Crippen LogP contribution is -1.75. The Bertz CT molecular complexity index is 486. The molecule has 0 N–H and O–H groups in total. The highest BCUT2D eigenvalue weighted by atomic mass is 35.5. The van der Waals surface area contributed by atoms with E-state index in [-0.39, 0.29) is 0 Å². The van der Waals surface area contributed by atoms with Gasteiger partial charge in [0, 0.05) is 5.02 Å². The second-order valence-corrected chi connectivity index (χ2v) is 4.11. The van der Waals surface area contributed by atoms with Crippen molar-refractivity contribution in [3.63, 3.8) is 0 Å². The van der Waals surface area contributed by atoms with Gasteiger partial charge >= 0.3 is 0 Å². The number of benzene rings is 2. The fourth-order valence-corrected chi connectivity index (χ4v) is 1.63. The highest BCUT2D eigenvalue weighted by Gasteiger charge is 1.89. The monoisotopic (exact) mass is 256 g/mol. The largest absolute Gasteiger partial charge is 0.103 e. The molecular formula is C17H17Cl. The number of hydrogen-bond acceptors (Lipinski definition) is 0. The van der Waals surface area contributed by atoms with Crippen LogP contribution in [0.3, 0.4) is 0 Å². The summed E-state index contributed by atoms with van der Waals surface area (Å²) in [4.78, 5) is 0. The van der Waals surface area contributed by atoms with Crippen LogP contribution in [0.2, 0.25) is 5.02 Å². The van der Waals surface area contributed by atoms with Crippen molar-refractivity contribution in [1.82, 2.24) is 0 Å². The number of rotatable bonds is 3. The predicted molar refractivity (Wildman–Crippen MR) is 81.9 cm³/mol. The zero-order chi connectivity index (χ0) is 13.2. The normalized spacial score (nSPS) is 8.94. The molecule has 18 heavy (non-hydrogen) atoms. The van der Waals surface area contributed by atoms with E-state index in [1.807, 2.05) is 48.5 Å². The summed E-state index contributed by atoms with van der Waals surface area (Å²) in [6.45, 7) is 7.26. The summed E-state index contributed by atoms with van der Waals surface area (Å²) in [5.41, 5.74) is 2.31. The second kappa shape index (κ2) is 8.32. The van der Waals surface area contributed by atoms with Gasteiger partial charge < -0.3 is 0 Å². The van der Waals surface area contributed by atoms with E-state index in [4.69, 9.17) is 11.6 Å². The van der Waals surface area contributed by atoms with Gasteiger partial charge in [-0.25, -0.2) is 0 Å². The molecular weight excluding hydrogens is 240 g/mol. The summed E-state index contributed by atoms with van der Waals surface area (Å²) in [6.07, 6.45) is 4.62. The minimum atomic E-state index is 0.757. The van der Waals surface area contributed by atoms with E-state index in [1.165, 1.54) is 5.56 Å². The standard InChI is InChI=1S/C9H10.C8H7Cl/c1-2-6-9-7-4-3-5-8-9;1-2-7-5-3-4-6-8(7)9/h2-5,7-8H,1,6H2;2-6H,1H2. The topological polar surface area (TPSA) is 0 Å². The Morgan fingerprint density at radius 3 is 2.00 bits per heavy atom. The van der Waals surface area contributed by atoms with E-state index in [0.29, 0.717) is 0 Å². The van der Waals surface area contributed by atoms with Crippen molar-refractivity contribution in [2.24, 2.45) is 0 Å². The molecule has 2 aromatic rings. The summed E-state index contributed by atoms with van der Waals surface area (Å²) in [5, 5.41) is 0.757. The van der Waals surface area contributed by atoms with Crippen LogP contribution in [0.25, 0.3) is 6.08 Å². The molecule has 2 aromatic carbocycles. The van der Waals surface area contributed by atoms with Gasteiger partial charge in [0.2, 0.25) is 0 Å². The molecule has 0 aliphatic carbocycles. The SMILES string of the molecule is C=CCc1ccccc1.C=Cc1ccccc1Cl. The smallest absolute Gasteiger partial charge is 0.0478 e. The summed E-state index contributed by atoms with van der Waals surface area (Å²) in [7, 11) is 0. The van der Waals surface area contributed by atoms with E-state index < -0.39 is 0 Å². The third-order valence-electron chi connectivity index (χ3n) is 2.35. The number of hydrogen-bond donors (Lipinski definition) is 0. The summed E-state index contributed by atoms with van der Waals surface area (Å²) >= 11 is 5.75. The molecule has 0 heterocycles. The van der Waals surface area contributed by atoms with Crippen molar-refractivity contribution in [2.45, 2.75) is 6.42 Å². The lowest BCUT2D eigenvalue weighted by Gasteiger charge is -1.92. The van der Waals surface area contributed by atoms with E-state index in [9.17, 15) is 0 Å². The van der Waals surface area contributed by atoms with Crippen LogP contribution in [0, 0.1) is 0 Å². The van der Waals surface area contributed by atoms with Crippen molar-refractivity contribution in [3.05, 3.63) is 90.0 Å². The second-order valence-electron chi connectivity index (χ2n) is 3.70. The molecule has 2 rings (SSSR count). The van der Waals surface area contributed by atoms with Crippen LogP contribution in [-0.2, 0) is 6.42 Å². The average Bonchev–Trinajstić information content (AvgIpc) is 2.42. The van der Waals surface area contributed by atoms with Crippen LogP contribution in [0.5, 0.6) is 0 Å². The zero-order valence-corrected chi connectivity index (χ0v) is 11.1. The van der Waals surface area contributed by atoms with E-state index in [0.717, 1.165) is 17.0 Å². The van der Waals surface area contributed by atoms with Crippen LogP contribution >= 0.6 is 11.6 Å². The van der Waals surface area contributed by atoms with E-state index in [1.54, 1.807) is 6.08 Å². The molecule has 0 saturated heterocycles. The molecule has 0 amide bonds. The molecule has 0 unspecified atom stereocenters. The molecule has 1 heteroatoms. The lowest BCUT2D eigenvalue weighted by atomic mass is 10.2. The summed E-state index contributed by atoms with van der Waals surface area (Å²) < 4.78 is 0. The van der Waals surface area contributed by atoms with Crippen molar-refractivity contribution >= 4 is 17.7 Å². The van der Waals surface area contributed by atoms with Gasteiger partial charge in [0.25, 0.3) is 0 Å². The van der Waals surface area contributed by atoms with Gasteiger partial charge in [0.15, 0.2) is 0 Å². The van der Waals surface area contributed by atoms with Crippen LogP contribution < -0.4 is 0 Å². The highest BCUT2D eigenvalue weighted by molar-refractivity contribution is 6.32. The first-order chi connectivity index (χ1) is 8.77. The highest BCUT2D eigenvalue weighted by Crippen LogP contribution is 2.14. The van der Waals surface area contributed by atoms with Crippen LogP contribution in [0.1, 0.15) is 11.1 Å². The maximum atomic E-state index is 5.75. The summed E-state index contributed by atoms with van der Waals surface area (Å²) in [5.74, 6) is 0. The van der Waals surface area contributed by atoms with Gasteiger partial charge in [0.1, 0.15) is 0 Å². The van der Waals surface area contributed by atoms with Crippen LogP contribution in [0.4, 0.5) is 0 Å². The maximum absolute atomic E-state index is 5.75. The van der Waals surface area contributed by atoms with Gasteiger partial charge in [-0.15, -0.1) is 6.58 Å². The molecule has 0 aliphatic rings. The van der Waals surface area contributed by atoms with Gasteiger partial charge in [-0.2, -0.15) is 0 Å². The third-order valence-corrected chi connectivity index (χ3v) is 2.69. The van der Waals surface area contributed by atoms with Crippen LogP contribution in [0.15, 0.2) is 73.8 Å².